The molecule has 1 heterocycles. The normalized spacial score (nSPS) is 13.3. The molecule has 0 saturated heterocycles. The second-order valence-electron chi connectivity index (χ2n) is 4.96. The van der Waals surface area contributed by atoms with E-state index < -0.39 is 0 Å². The number of likely N-dealkylation sites (N-methyl/N-ethyl adjacent to an activating group) is 2. The Morgan fingerprint density at radius 2 is 1.94 bits per heavy atom. The SMILES string of the molecule is CCNC(CN(C)Cc1ccncc1)C(C)C. The average molecular weight is 235 g/mol. The van der Waals surface area contributed by atoms with E-state index in [2.05, 4.69) is 55.2 Å². The van der Waals surface area contributed by atoms with Gasteiger partial charge in [-0.1, -0.05) is 20.8 Å². The molecule has 1 aromatic heterocycles. The Morgan fingerprint density at radius 3 is 2.47 bits per heavy atom. The Balaban J connectivity index is 2.44. The maximum absolute atomic E-state index is 4.04. The Bertz CT molecular complexity index is 298. The van der Waals surface area contributed by atoms with E-state index in [0.29, 0.717) is 12.0 Å². The first-order valence-corrected chi connectivity index (χ1v) is 6.44. The van der Waals surface area contributed by atoms with Crippen molar-refractivity contribution in [2.45, 2.75) is 33.4 Å². The van der Waals surface area contributed by atoms with Crippen LogP contribution in [0.3, 0.4) is 0 Å². The summed E-state index contributed by atoms with van der Waals surface area (Å²) >= 11 is 0. The molecule has 0 aromatic carbocycles. The van der Waals surface area contributed by atoms with Crippen molar-refractivity contribution in [1.29, 1.82) is 0 Å². The van der Waals surface area contributed by atoms with Crippen LogP contribution < -0.4 is 5.32 Å². The molecule has 1 rings (SSSR count). The lowest BCUT2D eigenvalue weighted by molar-refractivity contribution is 0.250. The van der Waals surface area contributed by atoms with Crippen LogP contribution in [0.5, 0.6) is 0 Å². The molecule has 3 nitrogen and oxygen atoms in total. The van der Waals surface area contributed by atoms with Crippen molar-refractivity contribution in [3.63, 3.8) is 0 Å². The highest BCUT2D eigenvalue weighted by Gasteiger charge is 2.14. The molecule has 0 aliphatic carbocycles. The fraction of sp³-hybridized carbons (Fsp3) is 0.643. The van der Waals surface area contributed by atoms with Crippen LogP contribution in [0.25, 0.3) is 0 Å². The first-order chi connectivity index (χ1) is 8.13. The van der Waals surface area contributed by atoms with Crippen molar-refractivity contribution in [1.82, 2.24) is 15.2 Å². The molecule has 1 unspecified atom stereocenters. The minimum absolute atomic E-state index is 0.562. The summed E-state index contributed by atoms with van der Waals surface area (Å²) < 4.78 is 0. The second kappa shape index (κ2) is 7.41. The van der Waals surface area contributed by atoms with Crippen LogP contribution in [-0.4, -0.2) is 36.1 Å². The molecule has 1 aromatic rings. The largest absolute Gasteiger partial charge is 0.313 e. The van der Waals surface area contributed by atoms with E-state index in [-0.39, 0.29) is 0 Å². The predicted octanol–water partition coefficient (Wildman–Crippen LogP) is 2.15. The van der Waals surface area contributed by atoms with Crippen molar-refractivity contribution < 1.29 is 0 Å². The fourth-order valence-corrected chi connectivity index (χ4v) is 1.97. The quantitative estimate of drug-likeness (QED) is 0.785. The van der Waals surface area contributed by atoms with Gasteiger partial charge in [-0.3, -0.25) is 4.98 Å². The third-order valence-electron chi connectivity index (χ3n) is 2.98. The standard InChI is InChI=1S/C14H25N3/c1-5-16-14(12(2)3)11-17(4)10-13-6-8-15-9-7-13/h6-9,12,14,16H,5,10-11H2,1-4H3. The molecule has 96 valence electrons. The van der Waals surface area contributed by atoms with Gasteiger partial charge in [-0.05, 0) is 37.2 Å². The number of nitrogens with zero attached hydrogens (tertiary/aromatic N) is 2. The van der Waals surface area contributed by atoms with Crippen LogP contribution >= 0.6 is 0 Å². The number of nitrogens with one attached hydrogen (secondary N) is 1. The Hall–Kier alpha value is -0.930. The Labute approximate surface area is 105 Å². The first-order valence-electron chi connectivity index (χ1n) is 6.44. The van der Waals surface area contributed by atoms with E-state index in [0.717, 1.165) is 19.6 Å². The monoisotopic (exact) mass is 235 g/mol. The molecule has 1 atom stereocenters. The first kappa shape index (κ1) is 14.1. The maximum atomic E-state index is 4.04. The molecule has 0 fully saturated rings. The molecule has 0 saturated carbocycles. The molecule has 1 N–H and O–H groups in total. The Kier molecular flexibility index (Phi) is 6.16. The molecular weight excluding hydrogens is 210 g/mol. The van der Waals surface area contributed by atoms with Gasteiger partial charge in [-0.2, -0.15) is 0 Å². The van der Waals surface area contributed by atoms with Crippen molar-refractivity contribution in [2.24, 2.45) is 5.92 Å². The van der Waals surface area contributed by atoms with Gasteiger partial charge >= 0.3 is 0 Å². The average Bonchev–Trinajstić information content (AvgIpc) is 2.29. The van der Waals surface area contributed by atoms with Gasteiger partial charge in [0.15, 0.2) is 0 Å². The van der Waals surface area contributed by atoms with Gasteiger partial charge in [0.25, 0.3) is 0 Å². The van der Waals surface area contributed by atoms with Gasteiger partial charge in [0, 0.05) is 31.5 Å². The summed E-state index contributed by atoms with van der Waals surface area (Å²) in [4.78, 5) is 6.40. The minimum atomic E-state index is 0.562. The third-order valence-corrected chi connectivity index (χ3v) is 2.98. The zero-order chi connectivity index (χ0) is 12.7. The molecule has 0 radical (unpaired) electrons. The van der Waals surface area contributed by atoms with Crippen molar-refractivity contribution in [3.8, 4) is 0 Å². The molecule has 0 bridgehead atoms. The summed E-state index contributed by atoms with van der Waals surface area (Å²) in [5, 5.41) is 3.54. The molecular formula is C14H25N3. The van der Waals surface area contributed by atoms with E-state index >= 15 is 0 Å². The second-order valence-corrected chi connectivity index (χ2v) is 4.96. The summed E-state index contributed by atoms with van der Waals surface area (Å²) in [7, 11) is 2.17. The summed E-state index contributed by atoms with van der Waals surface area (Å²) in [6.45, 7) is 9.80. The summed E-state index contributed by atoms with van der Waals surface area (Å²) in [6, 6.07) is 4.72. The van der Waals surface area contributed by atoms with Crippen LogP contribution in [0.1, 0.15) is 26.3 Å². The summed E-state index contributed by atoms with van der Waals surface area (Å²) in [6.07, 6.45) is 3.71. The fourth-order valence-electron chi connectivity index (χ4n) is 1.97. The van der Waals surface area contributed by atoms with Gasteiger partial charge in [-0.25, -0.2) is 0 Å². The van der Waals surface area contributed by atoms with Crippen molar-refractivity contribution >= 4 is 0 Å². The number of aromatic nitrogens is 1. The van der Waals surface area contributed by atoms with E-state index in [4.69, 9.17) is 0 Å². The van der Waals surface area contributed by atoms with Crippen LogP contribution in [0.15, 0.2) is 24.5 Å². The predicted molar refractivity (Wildman–Crippen MR) is 72.9 cm³/mol. The molecule has 0 aliphatic rings. The lowest BCUT2D eigenvalue weighted by atomic mass is 10.0. The number of hydrogen-bond donors (Lipinski definition) is 1. The molecule has 0 amide bonds. The van der Waals surface area contributed by atoms with Crippen molar-refractivity contribution in [2.75, 3.05) is 20.1 Å². The molecule has 0 aliphatic heterocycles. The summed E-state index contributed by atoms with van der Waals surface area (Å²) in [5.41, 5.74) is 1.32. The third kappa shape index (κ3) is 5.29. The lowest BCUT2D eigenvalue weighted by Crippen LogP contribution is -2.42. The molecule has 0 spiro atoms. The van der Waals surface area contributed by atoms with Gasteiger partial charge in [-0.15, -0.1) is 0 Å². The zero-order valence-corrected chi connectivity index (χ0v) is 11.5. The van der Waals surface area contributed by atoms with E-state index in [9.17, 15) is 0 Å². The van der Waals surface area contributed by atoms with Gasteiger partial charge < -0.3 is 10.2 Å². The smallest absolute Gasteiger partial charge is 0.0271 e. The van der Waals surface area contributed by atoms with Crippen LogP contribution in [0, 0.1) is 5.92 Å². The highest BCUT2D eigenvalue weighted by atomic mass is 15.1. The van der Waals surface area contributed by atoms with Crippen LogP contribution in [0.2, 0.25) is 0 Å². The van der Waals surface area contributed by atoms with E-state index in [1.807, 2.05) is 12.4 Å². The van der Waals surface area contributed by atoms with E-state index in [1.165, 1.54) is 5.56 Å². The van der Waals surface area contributed by atoms with Crippen molar-refractivity contribution in [3.05, 3.63) is 30.1 Å². The number of rotatable bonds is 7. The van der Waals surface area contributed by atoms with Gasteiger partial charge in [0.1, 0.15) is 0 Å². The topological polar surface area (TPSA) is 28.2 Å². The highest BCUT2D eigenvalue weighted by molar-refractivity contribution is 5.09. The molecule has 3 heteroatoms. The number of pyridine rings is 1. The van der Waals surface area contributed by atoms with E-state index in [1.54, 1.807) is 0 Å². The summed E-state index contributed by atoms with van der Waals surface area (Å²) in [5.74, 6) is 0.662. The minimum Gasteiger partial charge on any atom is -0.313 e. The molecule has 17 heavy (non-hydrogen) atoms. The van der Waals surface area contributed by atoms with Gasteiger partial charge in [0.2, 0.25) is 0 Å². The lowest BCUT2D eigenvalue weighted by Gasteiger charge is -2.27. The van der Waals surface area contributed by atoms with Crippen LogP contribution in [0.4, 0.5) is 0 Å². The Morgan fingerprint density at radius 1 is 1.29 bits per heavy atom. The maximum Gasteiger partial charge on any atom is 0.0271 e. The highest BCUT2D eigenvalue weighted by Crippen LogP contribution is 2.06. The van der Waals surface area contributed by atoms with Gasteiger partial charge in [0.05, 0.1) is 0 Å². The van der Waals surface area contributed by atoms with Crippen LogP contribution in [-0.2, 0) is 6.54 Å². The zero-order valence-electron chi connectivity index (χ0n) is 11.5. The number of hydrogen-bond acceptors (Lipinski definition) is 3.